The number of halogens is 1. The van der Waals surface area contributed by atoms with Crippen LogP contribution in [0.2, 0.25) is 5.02 Å². The van der Waals surface area contributed by atoms with Crippen molar-refractivity contribution in [1.29, 1.82) is 0 Å². The second-order valence-corrected chi connectivity index (χ2v) is 9.77. The highest BCUT2D eigenvalue weighted by molar-refractivity contribution is 7.92. The number of aryl methyl sites for hydroxylation is 1. The lowest BCUT2D eigenvalue weighted by Gasteiger charge is -2.20. The summed E-state index contributed by atoms with van der Waals surface area (Å²) in [5.74, 6) is -0.393. The summed E-state index contributed by atoms with van der Waals surface area (Å²) in [6.45, 7) is 2.13. The van der Waals surface area contributed by atoms with E-state index in [0.29, 0.717) is 22.1 Å². The van der Waals surface area contributed by atoms with Crippen LogP contribution in [0, 0.1) is 6.92 Å². The number of carbonyl (C=O) groups is 1. The second kappa shape index (κ2) is 8.64. The Morgan fingerprint density at radius 3 is 2.59 bits per heavy atom. The maximum atomic E-state index is 13.1. The first kappa shape index (κ1) is 21.9. The van der Waals surface area contributed by atoms with Crippen molar-refractivity contribution in [1.82, 2.24) is 14.7 Å². The molecule has 0 saturated carbocycles. The Morgan fingerprint density at radius 1 is 1.09 bits per heavy atom. The Morgan fingerprint density at radius 2 is 1.84 bits per heavy atom. The van der Waals surface area contributed by atoms with E-state index in [1.54, 1.807) is 53.2 Å². The van der Waals surface area contributed by atoms with Gasteiger partial charge in [-0.2, -0.15) is 0 Å². The normalized spacial score (nSPS) is 11.5. The fourth-order valence-electron chi connectivity index (χ4n) is 3.22. The van der Waals surface area contributed by atoms with Crippen LogP contribution in [0.1, 0.15) is 21.6 Å². The first-order valence-electron chi connectivity index (χ1n) is 9.81. The predicted octanol–water partition coefficient (Wildman–Crippen LogP) is 4.05. The minimum Gasteiger partial charge on any atom is -0.346 e. The molecule has 0 unspecified atom stereocenters. The van der Waals surface area contributed by atoms with Crippen molar-refractivity contribution in [2.45, 2.75) is 18.4 Å². The van der Waals surface area contributed by atoms with Gasteiger partial charge in [0.25, 0.3) is 15.9 Å². The molecule has 2 aromatic heterocycles. The number of nitrogens with one attached hydrogen (secondary N) is 1. The van der Waals surface area contributed by atoms with Gasteiger partial charge < -0.3 is 9.72 Å². The number of hydrogen-bond donors (Lipinski definition) is 1. The molecule has 7 nitrogen and oxygen atoms in total. The van der Waals surface area contributed by atoms with Gasteiger partial charge in [0.05, 0.1) is 27.8 Å². The molecule has 0 atom stereocenters. The number of amides is 1. The maximum Gasteiger partial charge on any atom is 0.264 e. The maximum absolute atomic E-state index is 13.1. The molecule has 0 aliphatic carbocycles. The molecule has 0 spiro atoms. The van der Waals surface area contributed by atoms with E-state index in [-0.39, 0.29) is 17.0 Å². The van der Waals surface area contributed by atoms with E-state index < -0.39 is 15.9 Å². The number of imidazole rings is 1. The first-order chi connectivity index (χ1) is 15.2. The number of carbonyl (C=O) groups excluding carboxylic acids is 1. The molecule has 32 heavy (non-hydrogen) atoms. The summed E-state index contributed by atoms with van der Waals surface area (Å²) >= 11 is 5.98. The smallest absolute Gasteiger partial charge is 0.264 e. The van der Waals surface area contributed by atoms with Crippen molar-refractivity contribution in [3.63, 3.8) is 0 Å². The van der Waals surface area contributed by atoms with Crippen molar-refractivity contribution >= 4 is 38.9 Å². The molecule has 0 aliphatic heterocycles. The molecule has 2 aromatic carbocycles. The van der Waals surface area contributed by atoms with Crippen molar-refractivity contribution in [2.24, 2.45) is 0 Å². The highest BCUT2D eigenvalue weighted by Crippen LogP contribution is 2.23. The molecule has 0 fully saturated rings. The third-order valence-electron chi connectivity index (χ3n) is 5.05. The Kier molecular flexibility index (Phi) is 5.90. The van der Waals surface area contributed by atoms with Crippen LogP contribution in [-0.4, -0.2) is 30.8 Å². The molecule has 0 saturated heterocycles. The minimum absolute atomic E-state index is 0.0376. The van der Waals surface area contributed by atoms with Crippen LogP contribution < -0.4 is 9.62 Å². The highest BCUT2D eigenvalue weighted by atomic mass is 35.5. The Bertz CT molecular complexity index is 1400. The SMILES string of the molecule is Cc1ccc(N(C)S(=O)(=O)c2cccc(C(=O)NCc3cn4cc(Cl)ccc4n3)c2)cc1. The number of sulfonamides is 1. The van der Waals surface area contributed by atoms with E-state index in [2.05, 4.69) is 10.3 Å². The molecule has 1 amide bonds. The molecule has 0 aliphatic rings. The van der Waals surface area contributed by atoms with Gasteiger partial charge in [0, 0.05) is 25.0 Å². The van der Waals surface area contributed by atoms with E-state index in [9.17, 15) is 13.2 Å². The molecular weight excluding hydrogens is 448 g/mol. The van der Waals surface area contributed by atoms with Crippen LogP contribution in [0.5, 0.6) is 0 Å². The van der Waals surface area contributed by atoms with Gasteiger partial charge in [0.15, 0.2) is 0 Å². The van der Waals surface area contributed by atoms with Gasteiger partial charge in [-0.05, 0) is 49.4 Å². The molecule has 2 heterocycles. The van der Waals surface area contributed by atoms with Crippen LogP contribution in [0.3, 0.4) is 0 Å². The van der Waals surface area contributed by atoms with Crippen LogP contribution in [0.15, 0.2) is 78.0 Å². The Balaban J connectivity index is 1.51. The monoisotopic (exact) mass is 468 g/mol. The summed E-state index contributed by atoms with van der Waals surface area (Å²) in [5, 5.41) is 3.36. The fourth-order valence-corrected chi connectivity index (χ4v) is 4.63. The minimum atomic E-state index is -3.82. The number of nitrogens with zero attached hydrogens (tertiary/aromatic N) is 3. The van der Waals surface area contributed by atoms with Crippen molar-refractivity contribution < 1.29 is 13.2 Å². The average molecular weight is 469 g/mol. The molecular formula is C23H21ClN4O3S. The first-order valence-corrected chi connectivity index (χ1v) is 11.6. The molecule has 0 bridgehead atoms. The standard InChI is InChI=1S/C23H21ClN4O3S/c1-16-6-9-20(10-7-16)27(2)32(30,31)21-5-3-4-17(12-21)23(29)25-13-19-15-28-14-18(24)8-11-22(28)26-19/h3-12,14-15H,13H2,1-2H3,(H,25,29). The quantitative estimate of drug-likeness (QED) is 0.462. The molecule has 4 aromatic rings. The summed E-state index contributed by atoms with van der Waals surface area (Å²) in [6.07, 6.45) is 3.51. The Hall–Kier alpha value is -3.36. The summed E-state index contributed by atoms with van der Waals surface area (Å²) in [6, 6.07) is 16.7. The molecule has 1 N–H and O–H groups in total. The lowest BCUT2D eigenvalue weighted by atomic mass is 10.2. The lowest BCUT2D eigenvalue weighted by molar-refractivity contribution is 0.0950. The summed E-state index contributed by atoms with van der Waals surface area (Å²) in [4.78, 5) is 17.1. The predicted molar refractivity (Wildman–Crippen MR) is 125 cm³/mol. The van der Waals surface area contributed by atoms with Gasteiger partial charge in [-0.3, -0.25) is 9.10 Å². The third-order valence-corrected chi connectivity index (χ3v) is 7.05. The number of hydrogen-bond acceptors (Lipinski definition) is 4. The largest absolute Gasteiger partial charge is 0.346 e. The van der Waals surface area contributed by atoms with E-state index in [1.807, 2.05) is 19.1 Å². The van der Waals surface area contributed by atoms with Crippen LogP contribution in [0.25, 0.3) is 5.65 Å². The fraction of sp³-hybridized carbons (Fsp3) is 0.130. The van der Waals surface area contributed by atoms with E-state index >= 15 is 0 Å². The number of anilines is 1. The zero-order valence-electron chi connectivity index (χ0n) is 17.5. The number of rotatable bonds is 6. The van der Waals surface area contributed by atoms with Crippen LogP contribution in [-0.2, 0) is 16.6 Å². The molecule has 4 rings (SSSR count). The van der Waals surface area contributed by atoms with Crippen LogP contribution in [0.4, 0.5) is 5.69 Å². The van der Waals surface area contributed by atoms with Gasteiger partial charge in [-0.1, -0.05) is 35.4 Å². The summed E-state index contributed by atoms with van der Waals surface area (Å²) in [7, 11) is -2.34. The lowest BCUT2D eigenvalue weighted by Crippen LogP contribution is -2.27. The van der Waals surface area contributed by atoms with E-state index in [0.717, 1.165) is 5.56 Å². The van der Waals surface area contributed by atoms with Crippen molar-refractivity contribution in [3.05, 3.63) is 94.9 Å². The topological polar surface area (TPSA) is 83.8 Å². The van der Waals surface area contributed by atoms with Crippen molar-refractivity contribution in [3.8, 4) is 0 Å². The number of fused-ring (bicyclic) bond motifs is 1. The Labute approximate surface area is 191 Å². The van der Waals surface area contributed by atoms with Gasteiger partial charge >= 0.3 is 0 Å². The number of aromatic nitrogens is 2. The van der Waals surface area contributed by atoms with Gasteiger partial charge in [-0.15, -0.1) is 0 Å². The van der Waals surface area contributed by atoms with Crippen LogP contribution >= 0.6 is 11.6 Å². The van der Waals surface area contributed by atoms with E-state index in [1.165, 1.54) is 23.5 Å². The van der Waals surface area contributed by atoms with Gasteiger partial charge in [0.1, 0.15) is 5.65 Å². The van der Waals surface area contributed by atoms with Gasteiger partial charge in [-0.25, -0.2) is 13.4 Å². The summed E-state index contributed by atoms with van der Waals surface area (Å²) < 4.78 is 29.1. The zero-order chi connectivity index (χ0) is 22.9. The van der Waals surface area contributed by atoms with E-state index in [4.69, 9.17) is 11.6 Å². The number of benzene rings is 2. The van der Waals surface area contributed by atoms with Gasteiger partial charge in [0.2, 0.25) is 0 Å². The number of pyridine rings is 1. The van der Waals surface area contributed by atoms with Crippen molar-refractivity contribution in [2.75, 3.05) is 11.4 Å². The molecule has 0 radical (unpaired) electrons. The molecule has 164 valence electrons. The second-order valence-electron chi connectivity index (χ2n) is 7.36. The third kappa shape index (κ3) is 4.46. The zero-order valence-corrected chi connectivity index (χ0v) is 19.1. The summed E-state index contributed by atoms with van der Waals surface area (Å²) in [5.41, 5.74) is 3.19. The molecule has 9 heteroatoms. The highest BCUT2D eigenvalue weighted by Gasteiger charge is 2.22. The average Bonchev–Trinajstić information content (AvgIpc) is 3.19.